The quantitative estimate of drug-likeness (QED) is 0.146. The molecular weight excluding hydrogens is 895 g/mol. The Hall–Kier alpha value is -5.04. The van der Waals surface area contributed by atoms with Crippen molar-refractivity contribution in [1.82, 2.24) is 0 Å². The van der Waals surface area contributed by atoms with E-state index >= 15 is 0 Å². The van der Waals surface area contributed by atoms with Crippen molar-refractivity contribution in [2.45, 2.75) is 71.6 Å². The first-order valence-corrected chi connectivity index (χ1v) is 23.2. The van der Waals surface area contributed by atoms with Gasteiger partial charge in [-0.25, -0.2) is 12.2 Å². The fourth-order valence-corrected chi connectivity index (χ4v) is 9.63. The predicted octanol–water partition coefficient (Wildman–Crippen LogP) is 10.5. The van der Waals surface area contributed by atoms with E-state index in [1.54, 1.807) is 27.4 Å². The predicted molar refractivity (Wildman–Crippen MR) is 267 cm³/mol. The van der Waals surface area contributed by atoms with Crippen LogP contribution in [0.2, 0.25) is 0 Å². The molecule has 0 nitrogen and oxygen atoms in total. The van der Waals surface area contributed by atoms with Gasteiger partial charge in [0.2, 0.25) is 0 Å². The van der Waals surface area contributed by atoms with Gasteiger partial charge in [0.25, 0.3) is 0 Å². The Morgan fingerprint density at radius 1 is 0.500 bits per heavy atom. The second-order valence-corrected chi connectivity index (χ2v) is 20.4. The molecule has 0 N–H and O–H groups in total. The Morgan fingerprint density at radius 2 is 0.906 bits per heavy atom. The number of benzene rings is 8. The van der Waals surface area contributed by atoms with E-state index in [0.717, 1.165) is 19.3 Å². The summed E-state index contributed by atoms with van der Waals surface area (Å²) in [5.41, 5.74) is 10.9. The van der Waals surface area contributed by atoms with E-state index in [1.807, 2.05) is 12.2 Å². The number of hydrogen-bond donors (Lipinski definition) is 0. The van der Waals surface area contributed by atoms with Gasteiger partial charge in [-0.3, -0.25) is 6.08 Å². The summed E-state index contributed by atoms with van der Waals surface area (Å²) in [5.74, 6) is 0. The van der Waals surface area contributed by atoms with Gasteiger partial charge in [-0.1, -0.05) is 126 Å². The molecule has 0 saturated carbocycles. The average Bonchev–Trinajstić information content (AvgIpc) is 3.98. The van der Waals surface area contributed by atoms with Crippen molar-refractivity contribution in [3.05, 3.63) is 222 Å². The van der Waals surface area contributed by atoms with E-state index in [9.17, 15) is 0 Å². The summed E-state index contributed by atoms with van der Waals surface area (Å²) < 4.78 is 1.60. The molecule has 0 unspecified atom stereocenters. The third kappa shape index (κ3) is 11.6. The standard InChI is InChI=1S/C41H37.C15H14.C5H5.2ClH.Zr/c1-40(2,3)38-24-34-32(22-36(38)30-17-15-26-11-7-9-13-28(26)19-30)21-33-23-37(39(25-35(33)34)41(4,5)6)31-18-16-27-12-8-10-14-29(27)20-31;1-3-8-14(9-4-1)12-7-13-15-10-5-2-6-11-15;1-2-4-5-3-1;;;/h7-25H,1-6H3;1-6,8-11H,12-13H2;1-3H,4H2;2*1H;/q-1;;-1;;;+2/p-2. The molecule has 0 amide bonds. The van der Waals surface area contributed by atoms with Gasteiger partial charge in [0.15, 0.2) is 0 Å². The van der Waals surface area contributed by atoms with Gasteiger partial charge in [-0.05, 0) is 77.9 Å². The van der Waals surface area contributed by atoms with Crippen LogP contribution < -0.4 is 24.8 Å². The first kappa shape index (κ1) is 48.4. The fourth-order valence-electron chi connectivity index (χ4n) is 8.63. The van der Waals surface area contributed by atoms with Crippen molar-refractivity contribution >= 4 is 46.3 Å². The molecule has 0 spiro atoms. The topological polar surface area (TPSA) is 0 Å². The fraction of sp³-hybridized carbons (Fsp3) is 0.180. The number of allylic oxidation sites excluding steroid dienone is 4. The van der Waals surface area contributed by atoms with Gasteiger partial charge < -0.3 is 24.8 Å². The zero-order valence-electron chi connectivity index (χ0n) is 37.9. The molecule has 3 heteroatoms. The molecule has 0 atom stereocenters. The second kappa shape index (κ2) is 21.3. The molecule has 0 bridgehead atoms. The summed E-state index contributed by atoms with van der Waals surface area (Å²) >= 11 is 1.55. The maximum absolute atomic E-state index is 2.99. The van der Waals surface area contributed by atoms with Crippen LogP contribution in [-0.2, 0) is 47.9 Å². The van der Waals surface area contributed by atoms with Crippen LogP contribution in [0.25, 0.3) is 65.3 Å². The van der Waals surface area contributed by atoms with E-state index in [1.165, 1.54) is 87.6 Å². The van der Waals surface area contributed by atoms with Crippen molar-refractivity contribution in [3.8, 4) is 22.3 Å². The Balaban J connectivity index is 0.000000245. The molecule has 0 fully saturated rings. The van der Waals surface area contributed by atoms with E-state index in [4.69, 9.17) is 0 Å². The molecule has 0 radical (unpaired) electrons. The van der Waals surface area contributed by atoms with Gasteiger partial charge in [0, 0.05) is 0 Å². The first-order valence-electron chi connectivity index (χ1n) is 22.0. The number of hydrogen-bond acceptors (Lipinski definition) is 0. The van der Waals surface area contributed by atoms with Crippen LogP contribution >= 0.6 is 0 Å². The number of halogens is 2. The minimum absolute atomic E-state index is 0. The van der Waals surface area contributed by atoms with Crippen molar-refractivity contribution in [1.29, 1.82) is 0 Å². The van der Waals surface area contributed by atoms with Crippen molar-refractivity contribution < 1.29 is 49.0 Å². The Labute approximate surface area is 408 Å². The molecule has 64 heavy (non-hydrogen) atoms. The summed E-state index contributed by atoms with van der Waals surface area (Å²) in [7, 11) is 0. The first-order chi connectivity index (χ1) is 29.9. The monoisotopic (exact) mass is 948 g/mol. The summed E-state index contributed by atoms with van der Waals surface area (Å²) in [6, 6.07) is 64.7. The van der Waals surface area contributed by atoms with Crippen LogP contribution in [0.4, 0.5) is 0 Å². The number of rotatable bonds is 6. The van der Waals surface area contributed by atoms with E-state index < -0.39 is 0 Å². The van der Waals surface area contributed by atoms with Crippen LogP contribution in [0, 0.1) is 6.08 Å². The van der Waals surface area contributed by atoms with E-state index in [2.05, 4.69) is 230 Å². The van der Waals surface area contributed by atoms with Crippen molar-refractivity contribution in [2.24, 2.45) is 0 Å². The third-order valence-corrected chi connectivity index (χ3v) is 12.7. The molecule has 9 aromatic rings. The SMILES string of the molecule is CC(C)(C)c1cc2c(cc1-c1ccc3ccccc3c1)[cH-]c1cc(-c3ccc4ccccc4c3)c(C(C)(C)C)cc12.[C-]1=CC=CC1.[Cl-].[Cl-].[Zr+2]=[C](Cc1ccccc1)Cc1ccccc1. The van der Waals surface area contributed by atoms with Gasteiger partial charge in [0.05, 0.1) is 0 Å². The van der Waals surface area contributed by atoms with Crippen molar-refractivity contribution in [2.75, 3.05) is 0 Å². The zero-order valence-corrected chi connectivity index (χ0v) is 41.8. The molecular formula is C61H56Cl2Zr-2. The minimum atomic E-state index is 0. The van der Waals surface area contributed by atoms with Gasteiger partial charge in [0.1, 0.15) is 0 Å². The van der Waals surface area contributed by atoms with Crippen LogP contribution in [0.15, 0.2) is 194 Å². The molecule has 320 valence electrons. The summed E-state index contributed by atoms with van der Waals surface area (Å²) in [4.78, 5) is 0. The van der Waals surface area contributed by atoms with Crippen LogP contribution in [0.3, 0.4) is 0 Å². The Morgan fingerprint density at radius 3 is 1.27 bits per heavy atom. The van der Waals surface area contributed by atoms with Crippen LogP contribution in [0.1, 0.15) is 70.2 Å². The summed E-state index contributed by atoms with van der Waals surface area (Å²) in [6.45, 7) is 14.0. The molecule has 10 rings (SSSR count). The van der Waals surface area contributed by atoms with E-state index in [-0.39, 0.29) is 35.6 Å². The average molecular weight is 951 g/mol. The molecule has 9 aromatic carbocycles. The Kier molecular flexibility index (Phi) is 16.1. The molecule has 1 aliphatic carbocycles. The van der Waals surface area contributed by atoms with Gasteiger partial charge >= 0.3 is 112 Å². The van der Waals surface area contributed by atoms with Crippen molar-refractivity contribution in [3.63, 3.8) is 0 Å². The van der Waals surface area contributed by atoms with Gasteiger partial charge in [-0.2, -0.15) is 6.08 Å². The molecule has 0 heterocycles. The van der Waals surface area contributed by atoms with E-state index in [0.29, 0.717) is 0 Å². The zero-order chi connectivity index (χ0) is 43.3. The molecule has 0 aromatic heterocycles. The van der Waals surface area contributed by atoms with Crippen LogP contribution in [-0.4, -0.2) is 3.21 Å². The molecule has 0 aliphatic heterocycles. The maximum atomic E-state index is 2.99. The molecule has 1 aliphatic rings. The summed E-state index contributed by atoms with van der Waals surface area (Å²) in [5, 5.41) is 10.5. The number of fused-ring (bicyclic) bond motifs is 5. The normalized spacial score (nSPS) is 12.0. The van der Waals surface area contributed by atoms with Crippen LogP contribution in [0.5, 0.6) is 0 Å². The second-order valence-electron chi connectivity index (χ2n) is 18.7. The Bertz CT molecular complexity index is 2860. The van der Waals surface area contributed by atoms with Gasteiger partial charge in [-0.15, -0.1) is 46.2 Å². The molecule has 0 saturated heterocycles. The third-order valence-electron chi connectivity index (χ3n) is 11.8. The summed E-state index contributed by atoms with van der Waals surface area (Å²) in [6.07, 6.45) is 12.2.